The average Bonchev–Trinajstić information content (AvgIpc) is 2.57. The van der Waals surface area contributed by atoms with Crippen LogP contribution in [0.15, 0.2) is 0 Å². The van der Waals surface area contributed by atoms with Gasteiger partial charge in [-0.3, -0.25) is 4.79 Å². The van der Waals surface area contributed by atoms with Crippen LogP contribution in [0, 0.1) is 5.41 Å². The van der Waals surface area contributed by atoms with Gasteiger partial charge >= 0.3 is 0 Å². The first-order valence-corrected chi connectivity index (χ1v) is 6.74. The topological polar surface area (TPSA) is 49.8 Å². The van der Waals surface area contributed by atoms with Gasteiger partial charge in [-0.25, -0.2) is 0 Å². The van der Waals surface area contributed by atoms with Crippen molar-refractivity contribution in [2.45, 2.75) is 65.7 Å². The lowest BCUT2D eigenvalue weighted by Gasteiger charge is -2.33. The third-order valence-corrected chi connectivity index (χ3v) is 3.18. The zero-order valence-corrected chi connectivity index (χ0v) is 12.3. The highest BCUT2D eigenvalue weighted by molar-refractivity contribution is 5.78. The van der Waals surface area contributed by atoms with Gasteiger partial charge in [-0.2, -0.15) is 0 Å². The van der Waals surface area contributed by atoms with Gasteiger partial charge in [0.15, 0.2) is 0 Å². The molecule has 1 amide bonds. The van der Waals surface area contributed by atoms with Crippen LogP contribution in [-0.4, -0.2) is 40.9 Å². The van der Waals surface area contributed by atoms with E-state index in [1.165, 1.54) is 0 Å². The van der Waals surface area contributed by atoms with Crippen LogP contribution in [0.1, 0.15) is 53.9 Å². The van der Waals surface area contributed by atoms with Crippen LogP contribution in [0.25, 0.3) is 0 Å². The van der Waals surface area contributed by atoms with Gasteiger partial charge in [0.1, 0.15) is 6.23 Å². The van der Waals surface area contributed by atoms with Crippen molar-refractivity contribution in [3.8, 4) is 0 Å². The molecule has 0 radical (unpaired) electrons. The number of amides is 1. The quantitative estimate of drug-likeness (QED) is 0.793. The predicted octanol–water partition coefficient (Wildman–Crippen LogP) is 2.16. The molecule has 0 bridgehead atoms. The van der Waals surface area contributed by atoms with Crippen LogP contribution in [0.3, 0.4) is 0 Å². The Kier molecular flexibility index (Phi) is 4.78. The van der Waals surface area contributed by atoms with Crippen molar-refractivity contribution in [2.24, 2.45) is 5.41 Å². The fourth-order valence-corrected chi connectivity index (χ4v) is 2.71. The summed E-state index contributed by atoms with van der Waals surface area (Å²) in [5.41, 5.74) is -0.797. The minimum absolute atomic E-state index is 0.102. The molecule has 1 heterocycles. The van der Waals surface area contributed by atoms with Crippen LogP contribution < -0.4 is 0 Å². The molecule has 1 aliphatic rings. The van der Waals surface area contributed by atoms with Gasteiger partial charge in [0.2, 0.25) is 5.91 Å². The fraction of sp³-hybridized carbons (Fsp3) is 0.929. The number of aliphatic hydroxyl groups is 1. The minimum atomic E-state index is -0.695. The molecule has 0 aromatic carbocycles. The summed E-state index contributed by atoms with van der Waals surface area (Å²) in [6.45, 7) is 11.0. The summed E-state index contributed by atoms with van der Waals surface area (Å²) in [5.74, 6) is 0.183. The molecule has 0 aromatic rings. The van der Waals surface area contributed by atoms with Crippen molar-refractivity contribution in [3.63, 3.8) is 0 Å². The summed E-state index contributed by atoms with van der Waals surface area (Å²) >= 11 is 0. The fourth-order valence-electron chi connectivity index (χ4n) is 2.71. The van der Waals surface area contributed by atoms with Crippen molar-refractivity contribution >= 4 is 5.91 Å². The lowest BCUT2D eigenvalue weighted by atomic mass is 9.82. The molecule has 1 unspecified atom stereocenters. The van der Waals surface area contributed by atoms with E-state index in [0.717, 1.165) is 13.0 Å². The van der Waals surface area contributed by atoms with Gasteiger partial charge in [0, 0.05) is 13.0 Å². The van der Waals surface area contributed by atoms with E-state index < -0.39 is 5.60 Å². The second kappa shape index (κ2) is 5.57. The summed E-state index contributed by atoms with van der Waals surface area (Å²) in [7, 11) is 0. The Morgan fingerprint density at radius 3 is 2.44 bits per heavy atom. The first kappa shape index (κ1) is 15.4. The first-order chi connectivity index (χ1) is 8.11. The second-order valence-corrected chi connectivity index (χ2v) is 6.75. The highest BCUT2D eigenvalue weighted by atomic mass is 16.5. The number of carbonyl (C=O) groups excluding carboxylic acids is 1. The standard InChI is InChI=1S/C14H27NO3/c1-11(15-8-6-7-12(15)16)18-10-13(2,3)9-14(4,5)17/h11,17H,6-10H2,1-5H3. The van der Waals surface area contributed by atoms with Gasteiger partial charge in [0.25, 0.3) is 0 Å². The normalized spacial score (nSPS) is 19.4. The summed E-state index contributed by atoms with van der Waals surface area (Å²) in [4.78, 5) is 13.4. The van der Waals surface area contributed by atoms with E-state index in [2.05, 4.69) is 13.8 Å². The Morgan fingerprint density at radius 2 is 2.00 bits per heavy atom. The Morgan fingerprint density at radius 1 is 1.39 bits per heavy atom. The zero-order chi connectivity index (χ0) is 14.0. The molecule has 1 aliphatic heterocycles. The summed E-state index contributed by atoms with van der Waals surface area (Å²) in [5, 5.41) is 9.85. The van der Waals surface area contributed by atoms with Gasteiger partial charge in [-0.05, 0) is 39.0 Å². The molecular formula is C14H27NO3. The molecule has 18 heavy (non-hydrogen) atoms. The third kappa shape index (κ3) is 4.94. The van der Waals surface area contributed by atoms with Crippen LogP contribution in [0.4, 0.5) is 0 Å². The van der Waals surface area contributed by atoms with Gasteiger partial charge in [-0.1, -0.05) is 13.8 Å². The zero-order valence-electron chi connectivity index (χ0n) is 12.3. The molecule has 1 N–H and O–H groups in total. The Bertz CT molecular complexity index is 294. The van der Waals surface area contributed by atoms with Gasteiger partial charge < -0.3 is 14.7 Å². The van der Waals surface area contributed by atoms with E-state index in [1.807, 2.05) is 20.8 Å². The predicted molar refractivity (Wildman–Crippen MR) is 71.1 cm³/mol. The third-order valence-electron chi connectivity index (χ3n) is 3.18. The average molecular weight is 257 g/mol. The van der Waals surface area contributed by atoms with Gasteiger partial charge in [-0.15, -0.1) is 0 Å². The van der Waals surface area contributed by atoms with Crippen molar-refractivity contribution in [1.29, 1.82) is 0 Å². The maximum Gasteiger partial charge on any atom is 0.224 e. The lowest BCUT2D eigenvalue weighted by molar-refractivity contribution is -0.143. The monoisotopic (exact) mass is 257 g/mol. The molecule has 1 saturated heterocycles. The van der Waals surface area contributed by atoms with E-state index in [9.17, 15) is 9.90 Å². The highest BCUT2D eigenvalue weighted by Crippen LogP contribution is 2.29. The van der Waals surface area contributed by atoms with Crippen molar-refractivity contribution in [2.75, 3.05) is 13.2 Å². The highest BCUT2D eigenvalue weighted by Gasteiger charge is 2.30. The van der Waals surface area contributed by atoms with Crippen LogP contribution in [-0.2, 0) is 9.53 Å². The number of likely N-dealkylation sites (tertiary alicyclic amines) is 1. The van der Waals surface area contributed by atoms with Crippen LogP contribution in [0.5, 0.6) is 0 Å². The smallest absolute Gasteiger partial charge is 0.224 e. The number of carbonyl (C=O) groups is 1. The molecule has 0 saturated carbocycles. The van der Waals surface area contributed by atoms with Crippen LogP contribution >= 0.6 is 0 Å². The Balaban J connectivity index is 2.41. The Labute approximate surface area is 110 Å². The molecule has 1 atom stereocenters. The van der Waals surface area contributed by atoms with E-state index in [0.29, 0.717) is 19.4 Å². The SMILES string of the molecule is CC(OCC(C)(C)CC(C)(C)O)N1CCCC1=O. The summed E-state index contributed by atoms with van der Waals surface area (Å²) in [6.07, 6.45) is 2.07. The van der Waals surface area contributed by atoms with Crippen molar-refractivity contribution in [3.05, 3.63) is 0 Å². The molecule has 0 aromatic heterocycles. The number of hydrogen-bond acceptors (Lipinski definition) is 3. The van der Waals surface area contributed by atoms with E-state index in [-0.39, 0.29) is 17.6 Å². The number of nitrogens with zero attached hydrogens (tertiary/aromatic N) is 1. The maximum atomic E-state index is 11.6. The molecule has 4 nitrogen and oxygen atoms in total. The van der Waals surface area contributed by atoms with Gasteiger partial charge in [0.05, 0.1) is 12.2 Å². The molecule has 1 fully saturated rings. The number of rotatable bonds is 6. The molecule has 1 rings (SSSR count). The molecular weight excluding hydrogens is 230 g/mol. The molecule has 4 heteroatoms. The summed E-state index contributed by atoms with van der Waals surface area (Å²) in [6, 6.07) is 0. The molecule has 0 aliphatic carbocycles. The van der Waals surface area contributed by atoms with E-state index in [4.69, 9.17) is 4.74 Å². The number of hydrogen-bond donors (Lipinski definition) is 1. The first-order valence-electron chi connectivity index (χ1n) is 6.74. The van der Waals surface area contributed by atoms with E-state index in [1.54, 1.807) is 4.90 Å². The lowest BCUT2D eigenvalue weighted by Crippen LogP contribution is -2.39. The largest absolute Gasteiger partial charge is 0.390 e. The summed E-state index contributed by atoms with van der Waals surface area (Å²) < 4.78 is 5.80. The Hall–Kier alpha value is -0.610. The van der Waals surface area contributed by atoms with Crippen molar-refractivity contribution in [1.82, 2.24) is 4.90 Å². The second-order valence-electron chi connectivity index (χ2n) is 6.75. The minimum Gasteiger partial charge on any atom is -0.390 e. The molecule has 106 valence electrons. The van der Waals surface area contributed by atoms with E-state index >= 15 is 0 Å². The number of ether oxygens (including phenoxy) is 1. The molecule has 0 spiro atoms. The maximum absolute atomic E-state index is 11.6. The van der Waals surface area contributed by atoms with Crippen molar-refractivity contribution < 1.29 is 14.6 Å². The van der Waals surface area contributed by atoms with Crippen LogP contribution in [0.2, 0.25) is 0 Å².